The first kappa shape index (κ1) is 27.4. The highest BCUT2D eigenvalue weighted by Crippen LogP contribution is 2.38. The minimum atomic E-state index is -0.378. The smallest absolute Gasteiger partial charge is 0.270 e. The lowest BCUT2D eigenvalue weighted by Crippen LogP contribution is -2.38. The van der Waals surface area contributed by atoms with Crippen LogP contribution in [0.2, 0.25) is 0 Å². The molecule has 0 atom stereocenters. The number of aromatic nitrogens is 3. The number of benzene rings is 2. The molecule has 3 heterocycles. The van der Waals surface area contributed by atoms with Crippen LogP contribution >= 0.6 is 0 Å². The van der Waals surface area contributed by atoms with E-state index in [0.717, 1.165) is 54.0 Å². The molecule has 214 valence electrons. The highest BCUT2D eigenvalue weighted by atomic mass is 16.6. The first-order valence-electron chi connectivity index (χ1n) is 14.1. The summed E-state index contributed by atoms with van der Waals surface area (Å²) < 4.78 is 13.1. The standard InChI is InChI=1S/C31H31N7O4/c32-22-26(30-33-34-31(36-13-17-42-18-14-36)37(30)27-6-2-1-3-7-27)21-25-10-9-24(29(25)35-11-15-41-16-12-35)19-23-5-4-8-28(20-23)38(39)40/h1-8,19-21H,9-18H2. The Morgan fingerprint density at radius 3 is 2.33 bits per heavy atom. The van der Waals surface area contributed by atoms with Crippen LogP contribution in [0.1, 0.15) is 24.2 Å². The largest absolute Gasteiger partial charge is 0.378 e. The van der Waals surface area contributed by atoms with Gasteiger partial charge in [-0.3, -0.25) is 14.7 Å². The topological polar surface area (TPSA) is 123 Å². The Morgan fingerprint density at radius 2 is 1.64 bits per heavy atom. The number of non-ortho nitro benzene ring substituents is 1. The van der Waals surface area contributed by atoms with Gasteiger partial charge in [0.25, 0.3) is 5.69 Å². The van der Waals surface area contributed by atoms with Crippen LogP contribution in [0.25, 0.3) is 17.3 Å². The first-order chi connectivity index (χ1) is 20.6. The Balaban J connectivity index is 1.45. The summed E-state index contributed by atoms with van der Waals surface area (Å²) >= 11 is 0. The predicted molar refractivity (Wildman–Crippen MR) is 158 cm³/mol. The second-order valence-electron chi connectivity index (χ2n) is 10.3. The Bertz CT molecular complexity index is 1590. The van der Waals surface area contributed by atoms with Gasteiger partial charge in [0, 0.05) is 44.0 Å². The maximum Gasteiger partial charge on any atom is 0.270 e. The van der Waals surface area contributed by atoms with Crippen molar-refractivity contribution < 1.29 is 14.4 Å². The van der Waals surface area contributed by atoms with E-state index in [2.05, 4.69) is 26.1 Å². The lowest BCUT2D eigenvalue weighted by molar-refractivity contribution is -0.384. The highest BCUT2D eigenvalue weighted by Gasteiger charge is 2.28. The van der Waals surface area contributed by atoms with Crippen LogP contribution in [0, 0.1) is 21.4 Å². The quantitative estimate of drug-likeness (QED) is 0.233. The zero-order chi connectivity index (χ0) is 28.9. The van der Waals surface area contributed by atoms with Crippen molar-refractivity contribution in [1.29, 1.82) is 5.26 Å². The van der Waals surface area contributed by atoms with Gasteiger partial charge in [-0.2, -0.15) is 5.26 Å². The summed E-state index contributed by atoms with van der Waals surface area (Å²) in [7, 11) is 0. The lowest BCUT2D eigenvalue weighted by Gasteiger charge is -2.31. The molecule has 11 heteroatoms. The Hall–Kier alpha value is -4.79. The summed E-state index contributed by atoms with van der Waals surface area (Å²) in [5, 5.41) is 30.9. The van der Waals surface area contributed by atoms with E-state index >= 15 is 0 Å². The number of nitrogens with zero attached hydrogens (tertiary/aromatic N) is 7. The average molecular weight is 566 g/mol. The van der Waals surface area contributed by atoms with Crippen molar-refractivity contribution in [1.82, 2.24) is 19.7 Å². The average Bonchev–Trinajstić information content (AvgIpc) is 3.65. The number of ether oxygens (including phenoxy) is 2. The minimum Gasteiger partial charge on any atom is -0.378 e. The minimum absolute atomic E-state index is 0.0578. The fourth-order valence-electron chi connectivity index (χ4n) is 5.67. The number of anilines is 1. The van der Waals surface area contributed by atoms with Crippen LogP contribution in [0.5, 0.6) is 0 Å². The summed E-state index contributed by atoms with van der Waals surface area (Å²) in [5.41, 5.74) is 5.29. The molecule has 0 N–H and O–H groups in total. The Morgan fingerprint density at radius 1 is 0.929 bits per heavy atom. The third-order valence-corrected chi connectivity index (χ3v) is 7.66. The molecule has 2 aliphatic heterocycles. The highest BCUT2D eigenvalue weighted by molar-refractivity contribution is 5.78. The molecule has 2 fully saturated rings. The molecule has 1 aromatic heterocycles. The SMILES string of the molecule is N#CC(=CC1=C(N2CCOCC2)C(=Cc2cccc([N+](=O)[O-])c2)CC1)c1nnc(N2CCOCC2)n1-c1ccccc1. The number of nitro groups is 1. The van der Waals surface area contributed by atoms with E-state index in [0.29, 0.717) is 56.9 Å². The number of nitro benzene ring substituents is 1. The van der Waals surface area contributed by atoms with Crippen molar-refractivity contribution in [2.24, 2.45) is 0 Å². The van der Waals surface area contributed by atoms with Gasteiger partial charge in [0.2, 0.25) is 5.95 Å². The molecule has 3 aromatic rings. The molecule has 0 bridgehead atoms. The summed E-state index contributed by atoms with van der Waals surface area (Å²) in [6.07, 6.45) is 5.44. The summed E-state index contributed by atoms with van der Waals surface area (Å²) in [6, 6.07) is 18.9. The van der Waals surface area contributed by atoms with Crippen LogP contribution < -0.4 is 4.90 Å². The molecule has 3 aliphatic rings. The third kappa shape index (κ3) is 5.68. The molecule has 11 nitrogen and oxygen atoms in total. The van der Waals surface area contributed by atoms with Gasteiger partial charge in [-0.25, -0.2) is 0 Å². The molecule has 0 amide bonds. The number of hydrogen-bond donors (Lipinski definition) is 0. The van der Waals surface area contributed by atoms with Gasteiger partial charge in [0.05, 0.1) is 42.6 Å². The van der Waals surface area contributed by atoms with Crippen molar-refractivity contribution in [3.63, 3.8) is 0 Å². The fraction of sp³-hybridized carbons (Fsp3) is 0.323. The number of hydrogen-bond acceptors (Lipinski definition) is 9. The van der Waals surface area contributed by atoms with Gasteiger partial charge < -0.3 is 19.3 Å². The summed E-state index contributed by atoms with van der Waals surface area (Å²) in [4.78, 5) is 15.4. The van der Waals surface area contributed by atoms with E-state index in [-0.39, 0.29) is 10.6 Å². The van der Waals surface area contributed by atoms with Gasteiger partial charge in [-0.05, 0) is 53.8 Å². The molecule has 2 saturated heterocycles. The van der Waals surface area contributed by atoms with Gasteiger partial charge in [-0.15, -0.1) is 10.2 Å². The normalized spacial score (nSPS) is 18.9. The number of para-hydroxylation sites is 1. The Kier molecular flexibility index (Phi) is 8.07. The second-order valence-corrected chi connectivity index (χ2v) is 10.3. The first-order valence-corrected chi connectivity index (χ1v) is 14.1. The maximum atomic E-state index is 11.4. The van der Waals surface area contributed by atoms with Gasteiger partial charge in [0.1, 0.15) is 6.07 Å². The second kappa shape index (κ2) is 12.4. The number of allylic oxidation sites excluding steroid dienone is 4. The zero-order valence-electron chi connectivity index (χ0n) is 23.2. The van der Waals surface area contributed by atoms with Gasteiger partial charge in [0.15, 0.2) is 5.82 Å². The third-order valence-electron chi connectivity index (χ3n) is 7.66. The summed E-state index contributed by atoms with van der Waals surface area (Å²) in [5.74, 6) is 1.16. The number of nitriles is 1. The van der Waals surface area contributed by atoms with Crippen molar-refractivity contribution >= 4 is 23.3 Å². The van der Waals surface area contributed by atoms with Crippen molar-refractivity contribution in [3.8, 4) is 11.8 Å². The van der Waals surface area contributed by atoms with Gasteiger partial charge >= 0.3 is 0 Å². The van der Waals surface area contributed by atoms with Gasteiger partial charge in [-0.1, -0.05) is 30.3 Å². The van der Waals surface area contributed by atoms with E-state index in [9.17, 15) is 15.4 Å². The van der Waals surface area contributed by atoms with E-state index in [4.69, 9.17) is 9.47 Å². The van der Waals surface area contributed by atoms with Crippen LogP contribution in [0.15, 0.2) is 77.5 Å². The fourth-order valence-corrected chi connectivity index (χ4v) is 5.67. The maximum absolute atomic E-state index is 11.4. The molecule has 1 aliphatic carbocycles. The molecule has 0 unspecified atom stereocenters. The lowest BCUT2D eigenvalue weighted by atomic mass is 10.1. The molecule has 6 rings (SSSR count). The predicted octanol–water partition coefficient (Wildman–Crippen LogP) is 4.38. The van der Waals surface area contributed by atoms with E-state index < -0.39 is 0 Å². The molecule has 0 spiro atoms. The summed E-state index contributed by atoms with van der Waals surface area (Å²) in [6.45, 7) is 5.26. The van der Waals surface area contributed by atoms with Crippen LogP contribution in [0.3, 0.4) is 0 Å². The van der Waals surface area contributed by atoms with E-state index in [1.54, 1.807) is 12.1 Å². The van der Waals surface area contributed by atoms with Crippen LogP contribution in [0.4, 0.5) is 11.6 Å². The van der Waals surface area contributed by atoms with Crippen LogP contribution in [-0.4, -0.2) is 77.2 Å². The van der Waals surface area contributed by atoms with E-state index in [1.165, 1.54) is 6.07 Å². The molecule has 2 aromatic carbocycles. The number of morpholine rings is 2. The molecular weight excluding hydrogens is 534 g/mol. The van der Waals surface area contributed by atoms with E-state index in [1.807, 2.05) is 53.1 Å². The molecule has 0 saturated carbocycles. The zero-order valence-corrected chi connectivity index (χ0v) is 23.2. The van der Waals surface area contributed by atoms with Crippen LogP contribution in [-0.2, 0) is 9.47 Å². The number of rotatable bonds is 7. The molecular formula is C31H31N7O4. The molecule has 0 radical (unpaired) electrons. The Labute approximate surface area is 243 Å². The van der Waals surface area contributed by atoms with Crippen molar-refractivity contribution in [3.05, 3.63) is 99.0 Å². The van der Waals surface area contributed by atoms with Crippen molar-refractivity contribution in [2.75, 3.05) is 57.5 Å². The molecule has 42 heavy (non-hydrogen) atoms. The monoisotopic (exact) mass is 565 g/mol. The van der Waals surface area contributed by atoms with Crippen molar-refractivity contribution in [2.45, 2.75) is 12.8 Å².